The average Bonchev–Trinajstić information content (AvgIpc) is 2.42. The van der Waals surface area contributed by atoms with Crippen molar-refractivity contribution < 1.29 is 5.11 Å². The molecular formula is C20H32O. The standard InChI is InChI=1S/C20H32O/c1-12(9-10-16(5)21)18-11-15(4)19-13(2)7-8-14(3)20(19)17(18)6/h11-14,16,21H,7-10H2,1-6H3. The van der Waals surface area contributed by atoms with Gasteiger partial charge in [-0.05, 0) is 92.0 Å². The highest BCUT2D eigenvalue weighted by atomic mass is 16.3. The van der Waals surface area contributed by atoms with Crippen molar-refractivity contribution in [3.63, 3.8) is 0 Å². The summed E-state index contributed by atoms with van der Waals surface area (Å²) in [6, 6.07) is 2.43. The van der Waals surface area contributed by atoms with E-state index in [0.717, 1.165) is 12.8 Å². The van der Waals surface area contributed by atoms with Gasteiger partial charge in [0, 0.05) is 0 Å². The highest BCUT2D eigenvalue weighted by molar-refractivity contribution is 5.50. The van der Waals surface area contributed by atoms with Crippen molar-refractivity contribution in [2.45, 2.75) is 91.1 Å². The maximum absolute atomic E-state index is 9.54. The van der Waals surface area contributed by atoms with Gasteiger partial charge >= 0.3 is 0 Å². The summed E-state index contributed by atoms with van der Waals surface area (Å²) in [5.74, 6) is 1.93. The van der Waals surface area contributed by atoms with E-state index in [1.165, 1.54) is 29.5 Å². The second-order valence-electron chi connectivity index (χ2n) is 7.44. The minimum atomic E-state index is -0.189. The zero-order valence-corrected chi connectivity index (χ0v) is 14.7. The minimum Gasteiger partial charge on any atom is -0.393 e. The topological polar surface area (TPSA) is 20.2 Å². The first kappa shape index (κ1) is 16.5. The largest absolute Gasteiger partial charge is 0.393 e. The Kier molecular flexibility index (Phi) is 5.14. The Morgan fingerprint density at radius 3 is 2.19 bits per heavy atom. The van der Waals surface area contributed by atoms with Crippen LogP contribution in [0.4, 0.5) is 0 Å². The zero-order valence-electron chi connectivity index (χ0n) is 14.7. The van der Waals surface area contributed by atoms with Crippen LogP contribution >= 0.6 is 0 Å². The summed E-state index contributed by atoms with van der Waals surface area (Å²) >= 11 is 0. The Morgan fingerprint density at radius 2 is 1.62 bits per heavy atom. The van der Waals surface area contributed by atoms with Gasteiger partial charge in [0.1, 0.15) is 0 Å². The van der Waals surface area contributed by atoms with Gasteiger partial charge in [-0.2, -0.15) is 0 Å². The molecule has 1 aliphatic rings. The van der Waals surface area contributed by atoms with Crippen molar-refractivity contribution in [1.82, 2.24) is 0 Å². The van der Waals surface area contributed by atoms with Crippen molar-refractivity contribution in [2.24, 2.45) is 0 Å². The van der Waals surface area contributed by atoms with Crippen LogP contribution in [-0.2, 0) is 0 Å². The van der Waals surface area contributed by atoms with Crippen LogP contribution in [0.5, 0.6) is 0 Å². The molecule has 0 radical (unpaired) electrons. The normalized spacial score (nSPS) is 24.5. The number of rotatable bonds is 4. The van der Waals surface area contributed by atoms with Gasteiger partial charge in [0.15, 0.2) is 0 Å². The lowest BCUT2D eigenvalue weighted by Crippen LogP contribution is -2.16. The predicted molar refractivity (Wildman–Crippen MR) is 91.3 cm³/mol. The van der Waals surface area contributed by atoms with Gasteiger partial charge in [0.2, 0.25) is 0 Å². The molecule has 1 aliphatic carbocycles. The number of aliphatic hydroxyl groups is 1. The van der Waals surface area contributed by atoms with Crippen LogP contribution in [0.25, 0.3) is 0 Å². The first-order valence-electron chi connectivity index (χ1n) is 8.64. The van der Waals surface area contributed by atoms with Crippen molar-refractivity contribution in [2.75, 3.05) is 0 Å². The Hall–Kier alpha value is -0.820. The van der Waals surface area contributed by atoms with E-state index in [9.17, 15) is 5.11 Å². The van der Waals surface area contributed by atoms with Gasteiger partial charge in [0.05, 0.1) is 6.10 Å². The summed E-state index contributed by atoms with van der Waals surface area (Å²) in [4.78, 5) is 0. The van der Waals surface area contributed by atoms with E-state index in [-0.39, 0.29) is 6.10 Å². The third-order valence-electron chi connectivity index (χ3n) is 5.49. The quantitative estimate of drug-likeness (QED) is 0.768. The predicted octanol–water partition coefficient (Wildman–Crippen LogP) is 5.57. The monoisotopic (exact) mass is 288 g/mol. The van der Waals surface area contributed by atoms with E-state index in [1.54, 1.807) is 11.1 Å². The molecule has 1 N–H and O–H groups in total. The third kappa shape index (κ3) is 3.34. The molecule has 0 aromatic heterocycles. The van der Waals surface area contributed by atoms with Crippen LogP contribution in [0, 0.1) is 13.8 Å². The second kappa shape index (κ2) is 6.52. The first-order valence-corrected chi connectivity index (χ1v) is 8.64. The molecule has 1 aromatic rings. The molecule has 0 fully saturated rings. The maximum atomic E-state index is 9.54. The molecule has 21 heavy (non-hydrogen) atoms. The summed E-state index contributed by atoms with van der Waals surface area (Å²) in [5.41, 5.74) is 7.76. The fourth-order valence-electron chi connectivity index (χ4n) is 4.23. The molecule has 0 saturated heterocycles. The van der Waals surface area contributed by atoms with Crippen LogP contribution in [0.3, 0.4) is 0 Å². The molecular weight excluding hydrogens is 256 g/mol. The molecule has 1 heteroatoms. The molecule has 118 valence electrons. The summed E-state index contributed by atoms with van der Waals surface area (Å²) in [5, 5.41) is 9.54. The summed E-state index contributed by atoms with van der Waals surface area (Å²) in [6.45, 7) is 13.6. The summed E-state index contributed by atoms with van der Waals surface area (Å²) in [6.07, 6.45) is 4.42. The number of benzene rings is 1. The van der Waals surface area contributed by atoms with Crippen LogP contribution in [-0.4, -0.2) is 11.2 Å². The smallest absolute Gasteiger partial charge is 0.0512 e. The second-order valence-corrected chi connectivity index (χ2v) is 7.44. The van der Waals surface area contributed by atoms with Crippen LogP contribution in [0.2, 0.25) is 0 Å². The minimum absolute atomic E-state index is 0.189. The highest BCUT2D eigenvalue weighted by Crippen LogP contribution is 2.44. The molecule has 0 aliphatic heterocycles. The number of aryl methyl sites for hydroxylation is 1. The lowest BCUT2D eigenvalue weighted by molar-refractivity contribution is 0.179. The van der Waals surface area contributed by atoms with E-state index in [2.05, 4.69) is 40.7 Å². The Balaban J connectivity index is 2.41. The van der Waals surface area contributed by atoms with Gasteiger partial charge < -0.3 is 5.11 Å². The van der Waals surface area contributed by atoms with Gasteiger partial charge in [-0.25, -0.2) is 0 Å². The molecule has 2 rings (SSSR count). The fraction of sp³-hybridized carbons (Fsp3) is 0.700. The number of hydrogen-bond acceptors (Lipinski definition) is 1. The number of hydrogen-bond donors (Lipinski definition) is 1. The van der Waals surface area contributed by atoms with E-state index in [4.69, 9.17) is 0 Å². The molecule has 1 nitrogen and oxygen atoms in total. The fourth-order valence-corrected chi connectivity index (χ4v) is 4.23. The van der Waals surface area contributed by atoms with Crippen LogP contribution < -0.4 is 0 Å². The zero-order chi connectivity index (χ0) is 15.7. The molecule has 0 saturated carbocycles. The number of fused-ring (bicyclic) bond motifs is 1. The Bertz CT molecular complexity index is 501. The average molecular weight is 288 g/mol. The summed E-state index contributed by atoms with van der Waals surface area (Å²) < 4.78 is 0. The Morgan fingerprint density at radius 1 is 1.05 bits per heavy atom. The molecule has 0 amide bonds. The van der Waals surface area contributed by atoms with Crippen LogP contribution in [0.15, 0.2) is 6.07 Å². The van der Waals surface area contributed by atoms with Gasteiger partial charge in [-0.3, -0.25) is 0 Å². The molecule has 4 atom stereocenters. The Labute approximate surface area is 130 Å². The molecule has 0 spiro atoms. The van der Waals surface area contributed by atoms with Gasteiger partial charge in [0.25, 0.3) is 0 Å². The lowest BCUT2D eigenvalue weighted by atomic mass is 9.72. The van der Waals surface area contributed by atoms with E-state index >= 15 is 0 Å². The van der Waals surface area contributed by atoms with Crippen molar-refractivity contribution in [3.05, 3.63) is 33.9 Å². The third-order valence-corrected chi connectivity index (χ3v) is 5.49. The summed E-state index contributed by atoms with van der Waals surface area (Å²) in [7, 11) is 0. The van der Waals surface area contributed by atoms with Gasteiger partial charge in [-0.1, -0.05) is 26.8 Å². The maximum Gasteiger partial charge on any atom is 0.0512 e. The van der Waals surface area contributed by atoms with E-state index < -0.39 is 0 Å². The van der Waals surface area contributed by atoms with Crippen LogP contribution in [0.1, 0.15) is 98.9 Å². The van der Waals surface area contributed by atoms with Crippen molar-refractivity contribution >= 4 is 0 Å². The molecule has 4 unspecified atom stereocenters. The first-order chi connectivity index (χ1) is 9.82. The van der Waals surface area contributed by atoms with Crippen molar-refractivity contribution in [1.29, 1.82) is 0 Å². The van der Waals surface area contributed by atoms with E-state index in [1.807, 2.05) is 6.92 Å². The number of aliphatic hydroxyl groups excluding tert-OH is 1. The molecule has 0 bridgehead atoms. The SMILES string of the molecule is Cc1cc(C(C)CCC(C)O)c(C)c2c1C(C)CCC2C. The van der Waals surface area contributed by atoms with Crippen molar-refractivity contribution in [3.8, 4) is 0 Å². The molecule has 1 aromatic carbocycles. The van der Waals surface area contributed by atoms with Gasteiger partial charge in [-0.15, -0.1) is 0 Å². The van der Waals surface area contributed by atoms with E-state index in [0.29, 0.717) is 17.8 Å². The molecule has 0 heterocycles. The lowest BCUT2D eigenvalue weighted by Gasteiger charge is -2.33. The highest BCUT2D eigenvalue weighted by Gasteiger charge is 2.27.